The Morgan fingerprint density at radius 1 is 1.50 bits per heavy atom. The average Bonchev–Trinajstić information content (AvgIpc) is 2.66. The van der Waals surface area contributed by atoms with Crippen molar-refractivity contribution >= 4 is 5.97 Å². The van der Waals surface area contributed by atoms with Gasteiger partial charge in [0.1, 0.15) is 6.04 Å². The Kier molecular flexibility index (Phi) is 5.85. The number of imidazole rings is 1. The fourth-order valence-electron chi connectivity index (χ4n) is 1.83. The zero-order valence-corrected chi connectivity index (χ0v) is 11.7. The van der Waals surface area contributed by atoms with Crippen molar-refractivity contribution in [2.45, 2.75) is 46.7 Å². The molecule has 1 N–H and O–H groups in total. The van der Waals surface area contributed by atoms with Crippen LogP contribution in [0.4, 0.5) is 0 Å². The van der Waals surface area contributed by atoms with E-state index in [9.17, 15) is 4.79 Å². The van der Waals surface area contributed by atoms with Crippen molar-refractivity contribution in [3.05, 3.63) is 17.7 Å². The van der Waals surface area contributed by atoms with E-state index < -0.39 is 0 Å². The molecule has 5 nitrogen and oxygen atoms in total. The average molecular weight is 253 g/mol. The predicted octanol–water partition coefficient (Wildman–Crippen LogP) is 1.43. The second kappa shape index (κ2) is 7.16. The van der Waals surface area contributed by atoms with Gasteiger partial charge < -0.3 is 14.6 Å². The number of nitrogens with zero attached hydrogens (tertiary/aromatic N) is 2. The van der Waals surface area contributed by atoms with Crippen molar-refractivity contribution in [2.75, 3.05) is 13.2 Å². The molecule has 1 heterocycles. The van der Waals surface area contributed by atoms with Crippen LogP contribution in [0.5, 0.6) is 0 Å². The fourth-order valence-corrected chi connectivity index (χ4v) is 1.83. The van der Waals surface area contributed by atoms with E-state index in [1.807, 2.05) is 34.0 Å². The first-order valence-electron chi connectivity index (χ1n) is 6.48. The van der Waals surface area contributed by atoms with Crippen LogP contribution in [0.2, 0.25) is 0 Å². The maximum absolute atomic E-state index is 11.7. The van der Waals surface area contributed by atoms with Crippen LogP contribution in [-0.2, 0) is 16.1 Å². The molecule has 18 heavy (non-hydrogen) atoms. The van der Waals surface area contributed by atoms with Gasteiger partial charge >= 0.3 is 5.97 Å². The Hall–Kier alpha value is -1.36. The minimum atomic E-state index is -0.239. The summed E-state index contributed by atoms with van der Waals surface area (Å²) in [5, 5.41) is 3.16. The molecule has 0 aliphatic rings. The standard InChI is InChI=1S/C13H23N3O2/c1-5-14-12(13(17)18-6-2)7-8-16-9-15-10(3)11(16)4/h9,12,14H,5-8H2,1-4H3. The molecule has 1 atom stereocenters. The Morgan fingerprint density at radius 3 is 2.72 bits per heavy atom. The van der Waals surface area contributed by atoms with E-state index in [2.05, 4.69) is 14.9 Å². The highest BCUT2D eigenvalue weighted by Crippen LogP contribution is 2.07. The Morgan fingerprint density at radius 2 is 2.22 bits per heavy atom. The molecule has 1 rings (SSSR count). The minimum absolute atomic E-state index is 0.172. The summed E-state index contributed by atoms with van der Waals surface area (Å²) in [7, 11) is 0. The van der Waals surface area contributed by atoms with Gasteiger partial charge in [-0.2, -0.15) is 0 Å². The molecule has 0 saturated carbocycles. The third-order valence-corrected chi connectivity index (χ3v) is 3.03. The largest absolute Gasteiger partial charge is 0.465 e. The molecule has 1 aromatic rings. The molecule has 5 heteroatoms. The third-order valence-electron chi connectivity index (χ3n) is 3.03. The number of aromatic nitrogens is 2. The number of aryl methyl sites for hydroxylation is 2. The van der Waals surface area contributed by atoms with E-state index in [-0.39, 0.29) is 12.0 Å². The van der Waals surface area contributed by atoms with Crippen LogP contribution in [0.3, 0.4) is 0 Å². The summed E-state index contributed by atoms with van der Waals surface area (Å²) in [6.45, 7) is 9.77. The number of nitrogens with one attached hydrogen (secondary N) is 1. The zero-order valence-electron chi connectivity index (χ0n) is 11.7. The molecule has 0 aliphatic carbocycles. The van der Waals surface area contributed by atoms with E-state index in [1.165, 1.54) is 0 Å². The summed E-state index contributed by atoms with van der Waals surface area (Å²) in [6, 6.07) is -0.239. The molecular formula is C13H23N3O2. The smallest absolute Gasteiger partial charge is 0.323 e. The van der Waals surface area contributed by atoms with E-state index in [0.717, 1.165) is 24.5 Å². The topological polar surface area (TPSA) is 56.2 Å². The molecule has 0 saturated heterocycles. The van der Waals surface area contributed by atoms with Gasteiger partial charge in [-0.1, -0.05) is 6.92 Å². The van der Waals surface area contributed by atoms with Gasteiger partial charge in [-0.15, -0.1) is 0 Å². The Bertz CT molecular complexity index is 388. The number of rotatable bonds is 7. The molecule has 1 unspecified atom stereocenters. The van der Waals surface area contributed by atoms with Crippen LogP contribution in [0.1, 0.15) is 31.7 Å². The molecule has 1 aromatic heterocycles. The van der Waals surface area contributed by atoms with Crippen molar-refractivity contribution in [1.82, 2.24) is 14.9 Å². The summed E-state index contributed by atoms with van der Waals surface area (Å²) in [4.78, 5) is 16.0. The molecule has 0 fully saturated rings. The second-order valence-electron chi connectivity index (χ2n) is 4.26. The van der Waals surface area contributed by atoms with Crippen molar-refractivity contribution in [3.8, 4) is 0 Å². The normalized spacial score (nSPS) is 12.4. The summed E-state index contributed by atoms with van der Waals surface area (Å²) in [5.41, 5.74) is 2.18. The van der Waals surface area contributed by atoms with Crippen LogP contribution < -0.4 is 5.32 Å². The SMILES string of the molecule is CCNC(CCn1cnc(C)c1C)C(=O)OCC. The molecule has 102 valence electrons. The second-order valence-corrected chi connectivity index (χ2v) is 4.26. The van der Waals surface area contributed by atoms with Gasteiger partial charge in [-0.3, -0.25) is 4.79 Å². The Balaban J connectivity index is 2.56. The lowest BCUT2D eigenvalue weighted by Crippen LogP contribution is -2.38. The van der Waals surface area contributed by atoms with Crippen molar-refractivity contribution in [1.29, 1.82) is 0 Å². The molecule has 0 aromatic carbocycles. The van der Waals surface area contributed by atoms with Crippen molar-refractivity contribution in [3.63, 3.8) is 0 Å². The van der Waals surface area contributed by atoms with Crippen LogP contribution >= 0.6 is 0 Å². The first-order valence-corrected chi connectivity index (χ1v) is 6.48. The Labute approximate surface area is 109 Å². The van der Waals surface area contributed by atoms with Gasteiger partial charge in [-0.25, -0.2) is 4.98 Å². The van der Waals surface area contributed by atoms with Crippen molar-refractivity contribution in [2.24, 2.45) is 0 Å². The zero-order chi connectivity index (χ0) is 13.5. The molecule has 0 bridgehead atoms. The van der Waals surface area contributed by atoms with Gasteiger partial charge in [0, 0.05) is 12.2 Å². The van der Waals surface area contributed by atoms with Crippen LogP contribution in [0.15, 0.2) is 6.33 Å². The highest BCUT2D eigenvalue weighted by Gasteiger charge is 2.18. The lowest BCUT2D eigenvalue weighted by Gasteiger charge is -2.16. The number of likely N-dealkylation sites (N-methyl/N-ethyl adjacent to an activating group) is 1. The quantitative estimate of drug-likeness (QED) is 0.747. The molecule has 0 spiro atoms. The number of hydrogen-bond donors (Lipinski definition) is 1. The first kappa shape index (κ1) is 14.7. The number of esters is 1. The summed E-state index contributed by atoms with van der Waals surface area (Å²) in [6.07, 6.45) is 2.53. The molecular weight excluding hydrogens is 230 g/mol. The molecule has 0 radical (unpaired) electrons. The molecule has 0 amide bonds. The lowest BCUT2D eigenvalue weighted by atomic mass is 10.2. The first-order chi connectivity index (χ1) is 8.60. The van der Waals surface area contributed by atoms with Gasteiger partial charge in [0.15, 0.2) is 0 Å². The van der Waals surface area contributed by atoms with Crippen LogP contribution in [0.25, 0.3) is 0 Å². The highest BCUT2D eigenvalue weighted by molar-refractivity contribution is 5.75. The summed E-state index contributed by atoms with van der Waals surface area (Å²) in [5.74, 6) is -0.172. The van der Waals surface area contributed by atoms with E-state index >= 15 is 0 Å². The van der Waals surface area contributed by atoms with Gasteiger partial charge in [0.2, 0.25) is 0 Å². The monoisotopic (exact) mass is 253 g/mol. The summed E-state index contributed by atoms with van der Waals surface area (Å²) >= 11 is 0. The minimum Gasteiger partial charge on any atom is -0.465 e. The molecule has 0 aliphatic heterocycles. The van der Waals surface area contributed by atoms with Crippen LogP contribution in [0, 0.1) is 13.8 Å². The van der Waals surface area contributed by atoms with Crippen molar-refractivity contribution < 1.29 is 9.53 Å². The third kappa shape index (κ3) is 3.84. The lowest BCUT2D eigenvalue weighted by molar-refractivity contribution is -0.145. The summed E-state index contributed by atoms with van der Waals surface area (Å²) < 4.78 is 7.12. The fraction of sp³-hybridized carbons (Fsp3) is 0.692. The maximum Gasteiger partial charge on any atom is 0.323 e. The van der Waals surface area contributed by atoms with Gasteiger partial charge in [-0.05, 0) is 33.7 Å². The van der Waals surface area contributed by atoms with Gasteiger partial charge in [0.25, 0.3) is 0 Å². The number of ether oxygens (including phenoxy) is 1. The van der Waals surface area contributed by atoms with E-state index in [1.54, 1.807) is 0 Å². The highest BCUT2D eigenvalue weighted by atomic mass is 16.5. The van der Waals surface area contributed by atoms with E-state index in [4.69, 9.17) is 4.74 Å². The number of carbonyl (C=O) groups excluding carboxylic acids is 1. The van der Waals surface area contributed by atoms with Gasteiger partial charge in [0.05, 0.1) is 18.6 Å². The van der Waals surface area contributed by atoms with Crippen LogP contribution in [-0.4, -0.2) is 34.7 Å². The number of hydrogen-bond acceptors (Lipinski definition) is 4. The van der Waals surface area contributed by atoms with E-state index in [0.29, 0.717) is 13.0 Å². The predicted molar refractivity (Wildman–Crippen MR) is 70.4 cm³/mol. The maximum atomic E-state index is 11.7. The number of carbonyl (C=O) groups is 1.